The van der Waals surface area contributed by atoms with Gasteiger partial charge in [-0.3, -0.25) is 9.69 Å². The van der Waals surface area contributed by atoms with Crippen molar-refractivity contribution in [2.24, 2.45) is 5.92 Å². The van der Waals surface area contributed by atoms with Crippen LogP contribution in [0, 0.1) is 5.92 Å². The van der Waals surface area contributed by atoms with Crippen LogP contribution in [0.2, 0.25) is 0 Å². The van der Waals surface area contributed by atoms with Crippen LogP contribution in [0.15, 0.2) is 72.8 Å². The molecule has 1 fully saturated rings. The number of thiocarbonyl (C=S) groups is 1. The van der Waals surface area contributed by atoms with Crippen LogP contribution in [0.3, 0.4) is 0 Å². The molecule has 8 heteroatoms. The van der Waals surface area contributed by atoms with Crippen molar-refractivity contribution in [3.05, 3.63) is 78.4 Å². The van der Waals surface area contributed by atoms with Crippen LogP contribution < -0.4 is 29.7 Å². The predicted octanol–water partition coefficient (Wildman–Crippen LogP) is 4.50. The maximum Gasteiger partial charge on any atom is 0.236 e. The summed E-state index contributed by atoms with van der Waals surface area (Å²) in [4.78, 5) is 15.7. The monoisotopic (exact) mass is 475 g/mol. The van der Waals surface area contributed by atoms with Crippen molar-refractivity contribution in [3.63, 3.8) is 0 Å². The second kappa shape index (κ2) is 8.53. The number of benzene rings is 3. The first-order chi connectivity index (χ1) is 16.5. The lowest BCUT2D eigenvalue weighted by molar-refractivity contribution is -0.130. The molecule has 5 rings (SSSR count). The van der Waals surface area contributed by atoms with E-state index in [1.807, 2.05) is 72.5 Å². The van der Waals surface area contributed by atoms with Gasteiger partial charge in [0.25, 0.3) is 0 Å². The van der Waals surface area contributed by atoms with Crippen molar-refractivity contribution < 1.29 is 19.0 Å². The Hall–Kier alpha value is -3.78. The summed E-state index contributed by atoms with van der Waals surface area (Å²) in [6, 6.07) is 22.2. The Bertz CT molecular complexity index is 1230. The van der Waals surface area contributed by atoms with E-state index in [0.29, 0.717) is 28.0 Å². The first-order valence-electron chi connectivity index (χ1n) is 10.9. The highest BCUT2D eigenvalue weighted by Gasteiger charge is 2.59. The Morgan fingerprint density at radius 3 is 2.44 bits per heavy atom. The minimum atomic E-state index is -1.12. The summed E-state index contributed by atoms with van der Waals surface area (Å²) in [6.07, 6.45) is 0. The zero-order valence-corrected chi connectivity index (χ0v) is 19.9. The van der Waals surface area contributed by atoms with Crippen molar-refractivity contribution in [1.29, 1.82) is 0 Å². The third kappa shape index (κ3) is 3.51. The molecule has 1 amide bonds. The number of hydrogen-bond donors (Lipinski definition) is 2. The molecule has 0 spiro atoms. The van der Waals surface area contributed by atoms with Gasteiger partial charge in [-0.05, 0) is 61.6 Å². The van der Waals surface area contributed by atoms with Crippen molar-refractivity contribution in [1.82, 2.24) is 5.32 Å². The average molecular weight is 476 g/mol. The molecule has 3 aromatic carbocycles. The SMILES string of the molecule is COc1ccc(NC(=O)[C@@H]2[C@H]3NC(=S)N(c4ccccc4)[C@@]2(C)Oc2c(OC)cccc23)cc1. The quantitative estimate of drug-likeness (QED) is 0.527. The van der Waals surface area contributed by atoms with Gasteiger partial charge in [-0.1, -0.05) is 30.3 Å². The number of carbonyl (C=O) groups is 1. The summed E-state index contributed by atoms with van der Waals surface area (Å²) >= 11 is 5.78. The fourth-order valence-electron chi connectivity index (χ4n) is 4.79. The topological polar surface area (TPSA) is 72.1 Å². The van der Waals surface area contributed by atoms with E-state index in [0.717, 1.165) is 11.3 Å². The summed E-state index contributed by atoms with van der Waals surface area (Å²) in [5.41, 5.74) is 1.19. The first kappa shape index (κ1) is 22.0. The number of ether oxygens (including phenoxy) is 3. The van der Waals surface area contributed by atoms with Gasteiger partial charge >= 0.3 is 0 Å². The fourth-order valence-corrected chi connectivity index (χ4v) is 5.20. The highest BCUT2D eigenvalue weighted by atomic mass is 32.1. The van der Waals surface area contributed by atoms with Gasteiger partial charge in [0.15, 0.2) is 22.3 Å². The highest BCUT2D eigenvalue weighted by Crippen LogP contribution is 2.52. The normalized spacial score (nSPS) is 22.7. The average Bonchev–Trinajstić information content (AvgIpc) is 2.84. The van der Waals surface area contributed by atoms with E-state index in [4.69, 9.17) is 26.4 Å². The molecule has 7 nitrogen and oxygen atoms in total. The largest absolute Gasteiger partial charge is 0.497 e. The van der Waals surface area contributed by atoms with Crippen molar-refractivity contribution in [2.75, 3.05) is 24.4 Å². The van der Waals surface area contributed by atoms with Crippen LogP contribution in [0.1, 0.15) is 18.5 Å². The number of nitrogens with zero attached hydrogens (tertiary/aromatic N) is 1. The van der Waals surface area contributed by atoms with Crippen LogP contribution in [0.25, 0.3) is 0 Å². The van der Waals surface area contributed by atoms with E-state index in [1.54, 1.807) is 26.4 Å². The van der Waals surface area contributed by atoms with Gasteiger partial charge in [0.2, 0.25) is 5.91 Å². The molecule has 0 saturated carbocycles. The van der Waals surface area contributed by atoms with E-state index in [1.165, 1.54) is 0 Å². The number of amides is 1. The molecule has 174 valence electrons. The molecule has 2 heterocycles. The number of carbonyl (C=O) groups excluding carboxylic acids is 1. The second-order valence-electron chi connectivity index (χ2n) is 8.33. The summed E-state index contributed by atoms with van der Waals surface area (Å²) in [5.74, 6) is 1.08. The molecule has 0 aromatic heterocycles. The van der Waals surface area contributed by atoms with E-state index in [2.05, 4.69) is 10.6 Å². The number of methoxy groups -OCH3 is 2. The van der Waals surface area contributed by atoms with Crippen LogP contribution in [0.5, 0.6) is 17.2 Å². The lowest BCUT2D eigenvalue weighted by Crippen LogP contribution is -2.72. The van der Waals surface area contributed by atoms with Gasteiger partial charge < -0.3 is 24.8 Å². The number of fused-ring (bicyclic) bond motifs is 4. The van der Waals surface area contributed by atoms with Gasteiger partial charge in [-0.15, -0.1) is 0 Å². The molecule has 0 aliphatic carbocycles. The molecule has 3 atom stereocenters. The molecule has 2 N–H and O–H groups in total. The molecular formula is C26H25N3O4S. The van der Waals surface area contributed by atoms with Gasteiger partial charge in [-0.2, -0.15) is 0 Å². The summed E-state index contributed by atoms with van der Waals surface area (Å²) in [6.45, 7) is 1.90. The molecule has 0 radical (unpaired) electrons. The second-order valence-corrected chi connectivity index (χ2v) is 8.72. The number of rotatable bonds is 5. The maximum atomic E-state index is 13.8. The van der Waals surface area contributed by atoms with E-state index in [-0.39, 0.29) is 5.91 Å². The smallest absolute Gasteiger partial charge is 0.236 e. The van der Waals surface area contributed by atoms with Crippen molar-refractivity contribution >= 4 is 34.6 Å². The Morgan fingerprint density at radius 2 is 1.76 bits per heavy atom. The van der Waals surface area contributed by atoms with Crippen molar-refractivity contribution in [3.8, 4) is 17.2 Å². The van der Waals surface area contributed by atoms with Crippen LogP contribution in [-0.2, 0) is 4.79 Å². The molecule has 3 aromatic rings. The van der Waals surface area contributed by atoms with E-state index >= 15 is 0 Å². The summed E-state index contributed by atoms with van der Waals surface area (Å²) < 4.78 is 17.5. The standard InChI is InChI=1S/C26H25N3O4S/c1-26-21(24(30)27-16-12-14-18(31-2)15-13-16)22(19-10-7-11-20(32-3)23(19)33-26)28-25(34)29(26)17-8-5-4-6-9-17/h4-15,21-22H,1-3H3,(H,27,30)(H,28,34)/t21-,22-,26-/m0/s1. The van der Waals surface area contributed by atoms with Crippen LogP contribution in [0.4, 0.5) is 11.4 Å². The van der Waals surface area contributed by atoms with Crippen molar-refractivity contribution in [2.45, 2.75) is 18.7 Å². The van der Waals surface area contributed by atoms with Gasteiger partial charge in [0.1, 0.15) is 11.7 Å². The molecule has 0 unspecified atom stereocenters. The highest BCUT2D eigenvalue weighted by molar-refractivity contribution is 7.80. The van der Waals surface area contributed by atoms with Gasteiger partial charge in [0, 0.05) is 16.9 Å². The Kier molecular flexibility index (Phi) is 5.53. The van der Waals surface area contributed by atoms with Gasteiger partial charge in [-0.25, -0.2) is 0 Å². The lowest BCUT2D eigenvalue weighted by atomic mass is 9.78. The summed E-state index contributed by atoms with van der Waals surface area (Å²) in [7, 11) is 3.21. The Morgan fingerprint density at radius 1 is 1.03 bits per heavy atom. The number of anilines is 2. The molecule has 1 saturated heterocycles. The third-order valence-corrected chi connectivity index (χ3v) is 6.66. The van der Waals surface area contributed by atoms with Gasteiger partial charge in [0.05, 0.1) is 20.3 Å². The molecule has 2 aliphatic rings. The van der Waals surface area contributed by atoms with E-state index < -0.39 is 17.7 Å². The zero-order valence-electron chi connectivity index (χ0n) is 19.1. The van der Waals surface area contributed by atoms with E-state index in [9.17, 15) is 4.79 Å². The first-order valence-corrected chi connectivity index (χ1v) is 11.3. The minimum Gasteiger partial charge on any atom is -0.497 e. The number of nitrogens with one attached hydrogen (secondary N) is 2. The predicted molar refractivity (Wildman–Crippen MR) is 135 cm³/mol. The van der Waals surface area contributed by atoms with Crippen LogP contribution >= 0.6 is 12.2 Å². The molecule has 2 aliphatic heterocycles. The summed E-state index contributed by atoms with van der Waals surface area (Å²) in [5, 5.41) is 6.94. The number of hydrogen-bond acceptors (Lipinski definition) is 5. The lowest BCUT2D eigenvalue weighted by Gasteiger charge is -2.56. The molecule has 2 bridgehead atoms. The minimum absolute atomic E-state index is 0.193. The van der Waals surface area contributed by atoms with Crippen LogP contribution in [-0.4, -0.2) is 31.0 Å². The fraction of sp³-hybridized carbons (Fsp3) is 0.231. The Balaban J connectivity index is 1.61. The molecular weight excluding hydrogens is 450 g/mol. The third-order valence-electron chi connectivity index (χ3n) is 6.36. The zero-order chi connectivity index (χ0) is 23.9. The molecule has 34 heavy (non-hydrogen) atoms. The number of para-hydroxylation sites is 2. The maximum absolute atomic E-state index is 13.8. The Labute approximate surface area is 203 Å².